The van der Waals surface area contributed by atoms with Gasteiger partial charge in [0.05, 0.1) is 18.3 Å². The van der Waals surface area contributed by atoms with Crippen LogP contribution in [0.15, 0.2) is 5.38 Å². The second-order valence-electron chi connectivity index (χ2n) is 7.84. The Morgan fingerprint density at radius 3 is 2.71 bits per heavy atom. The van der Waals surface area contributed by atoms with Gasteiger partial charge in [0, 0.05) is 30.3 Å². The van der Waals surface area contributed by atoms with Crippen LogP contribution in [-0.2, 0) is 15.0 Å². The van der Waals surface area contributed by atoms with Crippen LogP contribution in [0.25, 0.3) is 0 Å². The number of hydrogen-bond acceptors (Lipinski definition) is 4. The molecule has 0 bridgehead atoms. The average molecular weight is 350 g/mol. The molecule has 6 heteroatoms. The molecule has 1 aromatic heterocycles. The normalized spacial score (nSPS) is 22.3. The topological polar surface area (TPSA) is 53.5 Å². The summed E-state index contributed by atoms with van der Waals surface area (Å²) < 4.78 is 0. The van der Waals surface area contributed by atoms with E-state index < -0.39 is 0 Å². The van der Waals surface area contributed by atoms with E-state index in [1.807, 2.05) is 4.90 Å². The maximum absolute atomic E-state index is 12.8. The van der Waals surface area contributed by atoms with Gasteiger partial charge in [0.15, 0.2) is 0 Å². The minimum Gasteiger partial charge on any atom is -0.333 e. The largest absolute Gasteiger partial charge is 0.333 e. The molecule has 2 saturated heterocycles. The Morgan fingerprint density at radius 2 is 2.08 bits per heavy atom. The van der Waals surface area contributed by atoms with E-state index in [1.165, 1.54) is 0 Å². The Hall–Kier alpha value is -1.43. The highest BCUT2D eigenvalue weighted by Gasteiger charge is 2.33. The average Bonchev–Trinajstić information content (AvgIpc) is 3.17. The molecule has 1 atom stereocenters. The Kier molecular flexibility index (Phi) is 4.95. The first-order chi connectivity index (χ1) is 11.4. The van der Waals surface area contributed by atoms with E-state index in [0.717, 1.165) is 42.9 Å². The number of piperidine rings is 1. The second kappa shape index (κ2) is 6.82. The summed E-state index contributed by atoms with van der Waals surface area (Å²) in [6.07, 6.45) is 4.58. The number of hydrogen-bond donors (Lipinski definition) is 0. The number of nitrogens with zero attached hydrogens (tertiary/aromatic N) is 3. The molecule has 3 rings (SSSR count). The first-order valence-electron chi connectivity index (χ1n) is 8.89. The summed E-state index contributed by atoms with van der Waals surface area (Å²) in [4.78, 5) is 33.1. The predicted molar refractivity (Wildman–Crippen MR) is 94.9 cm³/mol. The number of rotatable bonds is 3. The lowest BCUT2D eigenvalue weighted by molar-refractivity contribution is -0.141. The zero-order valence-corrected chi connectivity index (χ0v) is 15.7. The monoisotopic (exact) mass is 349 g/mol. The molecule has 0 spiro atoms. The van der Waals surface area contributed by atoms with Crippen LogP contribution >= 0.6 is 11.3 Å². The molecule has 24 heavy (non-hydrogen) atoms. The van der Waals surface area contributed by atoms with Gasteiger partial charge in [-0.05, 0) is 25.7 Å². The molecule has 132 valence electrons. The van der Waals surface area contributed by atoms with Crippen molar-refractivity contribution in [3.05, 3.63) is 16.1 Å². The third kappa shape index (κ3) is 3.63. The van der Waals surface area contributed by atoms with Crippen LogP contribution in [0.2, 0.25) is 0 Å². The van der Waals surface area contributed by atoms with E-state index in [0.29, 0.717) is 13.0 Å². The molecule has 3 heterocycles. The third-order valence-corrected chi connectivity index (χ3v) is 5.84. The Morgan fingerprint density at radius 1 is 1.29 bits per heavy atom. The molecule has 5 nitrogen and oxygen atoms in total. The Balaban J connectivity index is 1.74. The van der Waals surface area contributed by atoms with Crippen molar-refractivity contribution >= 4 is 23.2 Å². The zero-order chi connectivity index (χ0) is 17.3. The smallest absolute Gasteiger partial charge is 0.242 e. The van der Waals surface area contributed by atoms with Crippen LogP contribution in [0.3, 0.4) is 0 Å². The van der Waals surface area contributed by atoms with Crippen molar-refractivity contribution in [3.8, 4) is 0 Å². The van der Waals surface area contributed by atoms with Gasteiger partial charge in [0.1, 0.15) is 5.01 Å². The Bertz CT molecular complexity index is 620. The SMILES string of the molecule is CC(C)(C)c1csc([C@H]2CCCCN2C(=O)CN2CCCC2=O)n1. The summed E-state index contributed by atoms with van der Waals surface area (Å²) in [7, 11) is 0. The molecule has 0 unspecified atom stereocenters. The van der Waals surface area contributed by atoms with Crippen LogP contribution in [0.4, 0.5) is 0 Å². The van der Waals surface area contributed by atoms with Crippen molar-refractivity contribution in [1.82, 2.24) is 14.8 Å². The summed E-state index contributed by atoms with van der Waals surface area (Å²) in [6, 6.07) is 0.0741. The number of aromatic nitrogens is 1. The van der Waals surface area contributed by atoms with Gasteiger partial charge < -0.3 is 9.80 Å². The number of thiazole rings is 1. The fraction of sp³-hybridized carbons (Fsp3) is 0.722. The first-order valence-corrected chi connectivity index (χ1v) is 9.77. The molecule has 2 fully saturated rings. The maximum Gasteiger partial charge on any atom is 0.242 e. The summed E-state index contributed by atoms with van der Waals surface area (Å²) >= 11 is 1.66. The highest BCUT2D eigenvalue weighted by Crippen LogP contribution is 2.35. The number of carbonyl (C=O) groups excluding carboxylic acids is 2. The molecule has 2 aliphatic rings. The minimum atomic E-state index is 0.0280. The van der Waals surface area contributed by atoms with Gasteiger partial charge in [-0.15, -0.1) is 11.3 Å². The van der Waals surface area contributed by atoms with Crippen molar-refractivity contribution in [1.29, 1.82) is 0 Å². The van der Waals surface area contributed by atoms with Crippen LogP contribution in [-0.4, -0.2) is 46.2 Å². The molecule has 0 aromatic carbocycles. The lowest BCUT2D eigenvalue weighted by Gasteiger charge is -2.35. The fourth-order valence-electron chi connectivity index (χ4n) is 3.40. The maximum atomic E-state index is 12.8. The quantitative estimate of drug-likeness (QED) is 0.842. The van der Waals surface area contributed by atoms with E-state index >= 15 is 0 Å². The summed E-state index contributed by atoms with van der Waals surface area (Å²) in [6.45, 7) is 8.20. The standard InChI is InChI=1S/C18H27N3O2S/c1-18(2,3)14-12-24-17(19-14)13-7-4-5-10-21(13)16(23)11-20-9-6-8-15(20)22/h12-13H,4-11H2,1-3H3/t13-/m1/s1. The molecular formula is C18H27N3O2S. The van der Waals surface area contributed by atoms with Crippen LogP contribution < -0.4 is 0 Å². The minimum absolute atomic E-state index is 0.0280. The Labute approximate surface area is 148 Å². The van der Waals surface area contributed by atoms with Gasteiger partial charge in [-0.25, -0.2) is 4.98 Å². The van der Waals surface area contributed by atoms with Crippen molar-refractivity contribution in [2.75, 3.05) is 19.6 Å². The number of carbonyl (C=O) groups is 2. The second-order valence-corrected chi connectivity index (χ2v) is 8.73. The van der Waals surface area contributed by atoms with Gasteiger partial charge in [-0.3, -0.25) is 9.59 Å². The van der Waals surface area contributed by atoms with Crippen molar-refractivity contribution in [3.63, 3.8) is 0 Å². The number of amides is 2. The van der Waals surface area contributed by atoms with E-state index in [-0.39, 0.29) is 29.8 Å². The lowest BCUT2D eigenvalue weighted by Crippen LogP contribution is -2.44. The number of likely N-dealkylation sites (tertiary alicyclic amines) is 2. The van der Waals surface area contributed by atoms with E-state index in [9.17, 15) is 9.59 Å². The van der Waals surface area contributed by atoms with Crippen LogP contribution in [0, 0.1) is 0 Å². The van der Waals surface area contributed by atoms with Crippen molar-refractivity contribution in [2.24, 2.45) is 0 Å². The molecule has 0 N–H and O–H groups in total. The molecule has 0 radical (unpaired) electrons. The van der Waals surface area contributed by atoms with Gasteiger partial charge in [0.25, 0.3) is 0 Å². The molecule has 1 aromatic rings. The summed E-state index contributed by atoms with van der Waals surface area (Å²) in [5.74, 6) is 0.184. The van der Waals surface area contributed by atoms with E-state index in [2.05, 4.69) is 26.2 Å². The lowest BCUT2D eigenvalue weighted by atomic mass is 9.93. The zero-order valence-electron chi connectivity index (χ0n) is 14.9. The van der Waals surface area contributed by atoms with Crippen LogP contribution in [0.5, 0.6) is 0 Å². The third-order valence-electron chi connectivity index (χ3n) is 4.90. The summed E-state index contributed by atoms with van der Waals surface area (Å²) in [5.41, 5.74) is 1.12. The van der Waals surface area contributed by atoms with E-state index in [1.54, 1.807) is 16.2 Å². The van der Waals surface area contributed by atoms with Gasteiger partial charge in [-0.1, -0.05) is 20.8 Å². The van der Waals surface area contributed by atoms with Crippen LogP contribution in [0.1, 0.15) is 69.6 Å². The molecule has 0 aliphatic carbocycles. The van der Waals surface area contributed by atoms with Crippen molar-refractivity contribution in [2.45, 2.75) is 64.3 Å². The molecule has 2 amide bonds. The fourth-order valence-corrected chi connectivity index (χ4v) is 4.59. The molecular weight excluding hydrogens is 322 g/mol. The van der Waals surface area contributed by atoms with Gasteiger partial charge in [-0.2, -0.15) is 0 Å². The first kappa shape index (κ1) is 17.4. The highest BCUT2D eigenvalue weighted by atomic mass is 32.1. The van der Waals surface area contributed by atoms with E-state index in [4.69, 9.17) is 4.98 Å². The molecule has 0 saturated carbocycles. The van der Waals surface area contributed by atoms with Crippen molar-refractivity contribution < 1.29 is 9.59 Å². The summed E-state index contributed by atoms with van der Waals surface area (Å²) in [5, 5.41) is 3.16. The highest BCUT2D eigenvalue weighted by molar-refractivity contribution is 7.09. The van der Waals surface area contributed by atoms with Gasteiger partial charge >= 0.3 is 0 Å². The molecule has 2 aliphatic heterocycles. The van der Waals surface area contributed by atoms with Gasteiger partial charge in [0.2, 0.25) is 11.8 Å². The predicted octanol–water partition coefficient (Wildman–Crippen LogP) is 3.12.